The minimum atomic E-state index is -6.49. The highest BCUT2D eigenvalue weighted by atomic mass is 19.5. The van der Waals surface area contributed by atoms with Crippen LogP contribution >= 0.6 is 0 Å². The van der Waals surface area contributed by atoms with Crippen molar-refractivity contribution in [3.8, 4) is 0 Å². The van der Waals surface area contributed by atoms with Gasteiger partial charge in [0.05, 0.1) is 51.6 Å². The van der Waals surface area contributed by atoms with Gasteiger partial charge >= 0.3 is 90.5 Å². The maximum Gasteiger partial charge on any atom is 0.455 e. The minimum absolute atomic E-state index is 0. The molecule has 0 fully saturated rings. The summed E-state index contributed by atoms with van der Waals surface area (Å²) in [6.45, 7) is -24.7. The van der Waals surface area contributed by atoms with Crippen LogP contribution in [-0.4, -0.2) is 194 Å². The molecule has 0 rings (SSSR count). The van der Waals surface area contributed by atoms with Crippen molar-refractivity contribution in [2.75, 3.05) is 79.3 Å². The first-order valence-corrected chi connectivity index (χ1v) is 20.1. The van der Waals surface area contributed by atoms with E-state index >= 15 is 0 Å². The Morgan fingerprint density at radius 2 is 0.532 bits per heavy atom. The third-order valence-electron chi connectivity index (χ3n) is 7.75. The number of esters is 3. The molecule has 2 N–H and O–H groups in total. The molecular weight excluding hydrogens is 1210 g/mol. The van der Waals surface area contributed by atoms with Gasteiger partial charge < -0.3 is 48.1 Å². The van der Waals surface area contributed by atoms with E-state index in [9.17, 15) is 146 Å². The fourth-order valence-corrected chi connectivity index (χ4v) is 3.88. The molecule has 0 spiro atoms. The monoisotopic (exact) mass is 1250 g/mol. The van der Waals surface area contributed by atoms with Crippen LogP contribution < -0.4 is 0 Å². The molecule has 43 heteroatoms. The maximum absolute atomic E-state index is 13.4. The van der Waals surface area contributed by atoms with E-state index in [2.05, 4.69) is 56.5 Å². The molecule has 0 saturated carbocycles. The van der Waals surface area contributed by atoms with Gasteiger partial charge in [-0.25, -0.2) is 9.59 Å². The van der Waals surface area contributed by atoms with E-state index in [0.717, 1.165) is 0 Å². The van der Waals surface area contributed by atoms with E-state index in [1.807, 2.05) is 0 Å². The smallest absolute Gasteiger partial charge is 0.455 e. The zero-order valence-corrected chi connectivity index (χ0v) is 38.9. The summed E-state index contributed by atoms with van der Waals surface area (Å²) in [7, 11) is 0. The number of rotatable bonds is 31. The summed E-state index contributed by atoms with van der Waals surface area (Å²) in [5.74, 6) is -42.7. The average molecular weight is 1250 g/mol. The van der Waals surface area contributed by atoms with Crippen molar-refractivity contribution in [2.45, 2.75) is 118 Å². The maximum atomic E-state index is 13.4. The topological polar surface area (TPSA) is 166 Å². The molecule has 0 aliphatic heterocycles. The van der Waals surface area contributed by atoms with E-state index in [4.69, 9.17) is 0 Å². The number of ether oxygens (including phenoxy) is 9. The van der Waals surface area contributed by atoms with Crippen LogP contribution in [0.3, 0.4) is 0 Å². The SMILES string of the molecule is CCC.O.O=C(/C=C(/CC(=O)OC(COCC(F)(F)C(F)(F)F)COCC(F)(F)C(F)(F)F)C(=O)OC(COCC(F)(F)C(F)(F)F)COCC(F)(F)C(F)(F)F)OC(COCC(F)(F)C(F)(F)F)COCC(F)(F)C(F)(F)F. The summed E-state index contributed by atoms with van der Waals surface area (Å²) in [6.07, 6.45) is -49.0. The normalized spacial score (nSPS) is 14.3. The van der Waals surface area contributed by atoms with Gasteiger partial charge in [0, 0.05) is 6.08 Å². The molecular formula is C36H40F30O13. The van der Waals surface area contributed by atoms with Crippen LogP contribution in [0.4, 0.5) is 132 Å². The van der Waals surface area contributed by atoms with Gasteiger partial charge in [-0.3, -0.25) is 4.79 Å². The van der Waals surface area contributed by atoms with Crippen LogP contribution in [0.5, 0.6) is 0 Å². The van der Waals surface area contributed by atoms with E-state index in [1.54, 1.807) is 0 Å². The molecule has 0 radical (unpaired) electrons. The van der Waals surface area contributed by atoms with Crippen LogP contribution in [-0.2, 0) is 57.0 Å². The number of halogens is 30. The molecule has 0 bridgehead atoms. The highest BCUT2D eigenvalue weighted by molar-refractivity contribution is 6.00. The number of carbonyl (C=O) groups excluding carboxylic acids is 3. The molecule has 0 heterocycles. The van der Waals surface area contributed by atoms with Gasteiger partial charge in [-0.1, -0.05) is 20.3 Å². The lowest BCUT2D eigenvalue weighted by molar-refractivity contribution is -0.301. The van der Waals surface area contributed by atoms with Crippen molar-refractivity contribution in [3.05, 3.63) is 11.6 Å². The van der Waals surface area contributed by atoms with Crippen LogP contribution in [0, 0.1) is 0 Å². The second-order valence-electron chi connectivity index (χ2n) is 15.1. The lowest BCUT2D eigenvalue weighted by atomic mass is 10.1. The first kappa shape index (κ1) is 79.0. The molecule has 0 aliphatic carbocycles. The molecule has 0 aliphatic rings. The Bertz CT molecular complexity index is 1750. The van der Waals surface area contributed by atoms with E-state index in [0.29, 0.717) is 0 Å². The Balaban J connectivity index is -0.0000141. The van der Waals surface area contributed by atoms with Crippen molar-refractivity contribution >= 4 is 17.9 Å². The third kappa shape index (κ3) is 28.4. The van der Waals surface area contributed by atoms with Crippen LogP contribution in [0.15, 0.2) is 11.6 Å². The van der Waals surface area contributed by atoms with Crippen molar-refractivity contribution in [1.29, 1.82) is 0 Å². The molecule has 13 nitrogen and oxygen atoms in total. The molecule has 79 heavy (non-hydrogen) atoms. The fourth-order valence-electron chi connectivity index (χ4n) is 3.88. The predicted molar refractivity (Wildman–Crippen MR) is 193 cm³/mol. The molecule has 0 unspecified atom stereocenters. The van der Waals surface area contributed by atoms with Gasteiger partial charge in [-0.2, -0.15) is 132 Å². The summed E-state index contributed by atoms with van der Waals surface area (Å²) in [5, 5.41) is 0. The quantitative estimate of drug-likeness (QED) is 0.0280. The van der Waals surface area contributed by atoms with Crippen molar-refractivity contribution in [3.63, 3.8) is 0 Å². The minimum Gasteiger partial charge on any atom is -0.457 e. The molecule has 0 atom stereocenters. The average Bonchev–Trinajstić information content (AvgIpc) is 3.20. The number of hydrogen-bond donors (Lipinski definition) is 0. The Labute approximate surface area is 421 Å². The number of carbonyl (C=O) groups is 3. The molecule has 0 saturated heterocycles. The zero-order valence-electron chi connectivity index (χ0n) is 38.9. The lowest BCUT2D eigenvalue weighted by Crippen LogP contribution is -2.43. The first-order valence-electron chi connectivity index (χ1n) is 20.1. The summed E-state index contributed by atoms with van der Waals surface area (Å²) >= 11 is 0. The van der Waals surface area contributed by atoms with Gasteiger partial charge in [0.2, 0.25) is 0 Å². The molecule has 0 amide bonds. The number of alkyl halides is 30. The summed E-state index contributed by atoms with van der Waals surface area (Å²) in [6, 6.07) is 0. The van der Waals surface area contributed by atoms with E-state index in [1.165, 1.54) is 6.42 Å². The second-order valence-corrected chi connectivity index (χ2v) is 15.1. The van der Waals surface area contributed by atoms with Crippen LogP contribution in [0.2, 0.25) is 0 Å². The fraction of sp³-hybridized carbons (Fsp3) is 0.861. The summed E-state index contributed by atoms with van der Waals surface area (Å²) < 4.78 is 425. The van der Waals surface area contributed by atoms with Gasteiger partial charge in [-0.05, 0) is 0 Å². The Morgan fingerprint density at radius 1 is 0.342 bits per heavy atom. The predicted octanol–water partition coefficient (Wildman–Crippen LogP) is 9.92. The van der Waals surface area contributed by atoms with Crippen molar-refractivity contribution in [1.82, 2.24) is 0 Å². The molecule has 0 aromatic heterocycles. The molecule has 0 aromatic rings. The highest BCUT2D eigenvalue weighted by Crippen LogP contribution is 2.40. The van der Waals surface area contributed by atoms with Crippen LogP contribution in [0.1, 0.15) is 26.7 Å². The number of hydrogen-bond acceptors (Lipinski definition) is 12. The van der Waals surface area contributed by atoms with E-state index < -0.39 is 206 Å². The third-order valence-corrected chi connectivity index (χ3v) is 7.75. The van der Waals surface area contributed by atoms with Gasteiger partial charge in [0.1, 0.15) is 58.0 Å². The highest BCUT2D eigenvalue weighted by Gasteiger charge is 2.62. The van der Waals surface area contributed by atoms with Crippen molar-refractivity contribution in [2.24, 2.45) is 0 Å². The molecule has 0 aromatic carbocycles. The lowest BCUT2D eigenvalue weighted by Gasteiger charge is -2.25. The van der Waals surface area contributed by atoms with Gasteiger partial charge in [-0.15, -0.1) is 0 Å². The summed E-state index contributed by atoms with van der Waals surface area (Å²) in [5.41, 5.74) is -1.99. The second kappa shape index (κ2) is 30.7. The van der Waals surface area contributed by atoms with Crippen LogP contribution in [0.25, 0.3) is 0 Å². The summed E-state index contributed by atoms with van der Waals surface area (Å²) in [4.78, 5) is 39.0. The standard InChI is InChI=1S/C33H30F30O12.C3H8.H2O/c34-22(35,28(46,47)48)9-67-3-16(4-68-10-23(36,37)29(49,50)51)73-19(64)1-15(21(66)75-18(7-71-13-26(42,43)32(58,59)60)8-72-14-27(44,45)33(61,62)63)2-20(65)74-17(5-69-11-24(38,39)30(52,53)54)6-70-12-25(40,41)31(55,56)57;1-3-2;/h1,16-18H,2-14H2;3H2,1-2H3;1H2/b15-1-;;. The largest absolute Gasteiger partial charge is 0.457 e. The zero-order chi connectivity index (χ0) is 62.0. The first-order chi connectivity index (χ1) is 34.6. The Morgan fingerprint density at radius 3 is 0.734 bits per heavy atom. The Hall–Kier alpha value is -4.23. The van der Waals surface area contributed by atoms with Crippen molar-refractivity contribution < 1.29 is 194 Å². The van der Waals surface area contributed by atoms with Gasteiger partial charge in [0.15, 0.2) is 0 Å². The Kier molecular flexibility index (Phi) is 30.7. The van der Waals surface area contributed by atoms with E-state index in [-0.39, 0.29) is 5.48 Å². The van der Waals surface area contributed by atoms with Gasteiger partial charge in [0.25, 0.3) is 0 Å². The molecule has 472 valence electrons.